The van der Waals surface area contributed by atoms with Crippen LogP contribution in [0.3, 0.4) is 0 Å². The Labute approximate surface area is 424 Å². The van der Waals surface area contributed by atoms with Gasteiger partial charge in [0.2, 0.25) is 0 Å². The zero-order valence-corrected chi connectivity index (χ0v) is 45.9. The lowest BCUT2D eigenvalue weighted by Crippen LogP contribution is -2.29. The number of carbonyl (C=O) groups is 2. The minimum absolute atomic E-state index is 0.134. The van der Waals surface area contributed by atoms with E-state index in [1.807, 2.05) is 0 Å². The van der Waals surface area contributed by atoms with E-state index < -0.39 is 6.10 Å². The van der Waals surface area contributed by atoms with Crippen molar-refractivity contribution in [1.82, 2.24) is 0 Å². The van der Waals surface area contributed by atoms with Crippen LogP contribution in [0.4, 0.5) is 0 Å². The number of ether oxygens (including phenoxy) is 3. The number of hydrogen-bond donors (Lipinski definition) is 0. The normalized spacial score (nSPS) is 12.5. The van der Waals surface area contributed by atoms with E-state index in [1.165, 1.54) is 231 Å². The van der Waals surface area contributed by atoms with E-state index in [2.05, 4.69) is 69.4 Å². The molecule has 0 aliphatic carbocycles. The van der Waals surface area contributed by atoms with Gasteiger partial charge in [0.1, 0.15) is 19.3 Å². The molecule has 5 heteroatoms. The molecule has 0 bridgehead atoms. The van der Waals surface area contributed by atoms with Crippen molar-refractivity contribution < 1.29 is 23.8 Å². The molecule has 0 spiro atoms. The van der Waals surface area contributed by atoms with Crippen molar-refractivity contribution >= 4 is 11.9 Å². The first kappa shape index (κ1) is 65.9. The molecule has 0 aromatic heterocycles. The van der Waals surface area contributed by atoms with Crippen molar-refractivity contribution in [2.24, 2.45) is 0 Å². The van der Waals surface area contributed by atoms with Crippen LogP contribution in [0.15, 0.2) is 48.6 Å². The quantitative estimate of drug-likeness (QED) is 0.0345. The van der Waals surface area contributed by atoms with Gasteiger partial charge in [0.15, 0.2) is 0 Å². The van der Waals surface area contributed by atoms with Gasteiger partial charge in [-0.25, -0.2) is 0 Å². The molecule has 0 heterocycles. The number of allylic oxidation sites excluding steroid dienone is 8. The van der Waals surface area contributed by atoms with Crippen LogP contribution in [-0.2, 0) is 23.8 Å². The molecule has 0 saturated carbocycles. The second-order valence-electron chi connectivity index (χ2n) is 20.2. The Bertz CT molecular complexity index is 1120. The van der Waals surface area contributed by atoms with Gasteiger partial charge >= 0.3 is 11.9 Å². The molecule has 0 amide bonds. The SMILES string of the molecule is CCCCCCCC/C=C\C/C=C\C/C=C\CCCC(=O)OC[C@@H](COC(=O)CCCCCCCCCCC/C=C\CCCCCCCC)OCCCCCCCCCCCCCCCCCC. The van der Waals surface area contributed by atoms with Gasteiger partial charge in [-0.1, -0.05) is 275 Å². The third kappa shape index (κ3) is 56.4. The van der Waals surface area contributed by atoms with Gasteiger partial charge in [0.25, 0.3) is 0 Å². The predicted molar refractivity (Wildman–Crippen MR) is 298 cm³/mol. The van der Waals surface area contributed by atoms with Crippen LogP contribution in [0, 0.1) is 0 Å². The van der Waals surface area contributed by atoms with Gasteiger partial charge in [-0.2, -0.15) is 0 Å². The Morgan fingerprint density at radius 1 is 0.309 bits per heavy atom. The molecule has 398 valence electrons. The Morgan fingerprint density at radius 3 is 0.941 bits per heavy atom. The summed E-state index contributed by atoms with van der Waals surface area (Å²) < 4.78 is 17.5. The third-order valence-corrected chi connectivity index (χ3v) is 13.4. The largest absolute Gasteiger partial charge is 0.463 e. The molecule has 0 radical (unpaired) electrons. The van der Waals surface area contributed by atoms with Crippen molar-refractivity contribution in [2.75, 3.05) is 19.8 Å². The van der Waals surface area contributed by atoms with E-state index in [0.29, 0.717) is 19.4 Å². The molecule has 0 aromatic carbocycles. The number of rotatable bonds is 56. The Morgan fingerprint density at radius 2 is 0.574 bits per heavy atom. The number of unbranched alkanes of at least 4 members (excludes halogenated alkanes) is 37. The molecular formula is C63H116O5. The molecule has 1 atom stereocenters. The monoisotopic (exact) mass is 953 g/mol. The lowest BCUT2D eigenvalue weighted by molar-refractivity contribution is -0.155. The highest BCUT2D eigenvalue weighted by molar-refractivity contribution is 5.69. The lowest BCUT2D eigenvalue weighted by atomic mass is 10.0. The second kappa shape index (κ2) is 59.2. The zero-order chi connectivity index (χ0) is 49.2. The highest BCUT2D eigenvalue weighted by Gasteiger charge is 2.16. The molecule has 0 aromatic rings. The topological polar surface area (TPSA) is 61.8 Å². The van der Waals surface area contributed by atoms with Gasteiger partial charge < -0.3 is 14.2 Å². The van der Waals surface area contributed by atoms with Crippen LogP contribution in [0.25, 0.3) is 0 Å². The number of esters is 2. The first-order valence-electron chi connectivity index (χ1n) is 30.2. The molecule has 0 aliphatic rings. The summed E-state index contributed by atoms with van der Waals surface area (Å²) in [6.07, 6.45) is 74.5. The minimum Gasteiger partial charge on any atom is -0.463 e. The predicted octanol–water partition coefficient (Wildman–Crippen LogP) is 20.7. The average Bonchev–Trinajstić information content (AvgIpc) is 3.34. The highest BCUT2D eigenvalue weighted by atomic mass is 16.6. The van der Waals surface area contributed by atoms with E-state index in [-0.39, 0.29) is 25.2 Å². The molecule has 0 aliphatic heterocycles. The van der Waals surface area contributed by atoms with Crippen molar-refractivity contribution in [3.63, 3.8) is 0 Å². The van der Waals surface area contributed by atoms with Gasteiger partial charge in [-0.3, -0.25) is 9.59 Å². The van der Waals surface area contributed by atoms with E-state index >= 15 is 0 Å². The van der Waals surface area contributed by atoms with Crippen LogP contribution in [0.1, 0.15) is 316 Å². The van der Waals surface area contributed by atoms with E-state index in [9.17, 15) is 9.59 Å². The van der Waals surface area contributed by atoms with Crippen molar-refractivity contribution in [1.29, 1.82) is 0 Å². The minimum atomic E-state index is -0.419. The first-order chi connectivity index (χ1) is 33.6. The summed E-state index contributed by atoms with van der Waals surface area (Å²) in [6, 6.07) is 0. The highest BCUT2D eigenvalue weighted by Crippen LogP contribution is 2.16. The van der Waals surface area contributed by atoms with Gasteiger partial charge in [0, 0.05) is 19.4 Å². The molecule has 68 heavy (non-hydrogen) atoms. The number of hydrogen-bond acceptors (Lipinski definition) is 5. The summed E-state index contributed by atoms with van der Waals surface area (Å²) in [5.41, 5.74) is 0. The summed E-state index contributed by atoms with van der Waals surface area (Å²) in [5, 5.41) is 0. The van der Waals surface area contributed by atoms with Crippen LogP contribution in [0.2, 0.25) is 0 Å². The summed E-state index contributed by atoms with van der Waals surface area (Å²) in [7, 11) is 0. The zero-order valence-electron chi connectivity index (χ0n) is 45.9. The smallest absolute Gasteiger partial charge is 0.305 e. The van der Waals surface area contributed by atoms with E-state index in [0.717, 1.165) is 51.4 Å². The molecule has 0 fully saturated rings. The lowest BCUT2D eigenvalue weighted by Gasteiger charge is -2.18. The Hall–Kier alpha value is -2.14. The molecule has 5 nitrogen and oxygen atoms in total. The summed E-state index contributed by atoms with van der Waals surface area (Å²) in [4.78, 5) is 25.3. The Kier molecular flexibility index (Phi) is 57.3. The first-order valence-corrected chi connectivity index (χ1v) is 30.2. The number of carbonyl (C=O) groups excluding carboxylic acids is 2. The van der Waals surface area contributed by atoms with Crippen molar-refractivity contribution in [2.45, 2.75) is 322 Å². The summed E-state index contributed by atoms with van der Waals surface area (Å²) >= 11 is 0. The molecule has 0 saturated heterocycles. The van der Waals surface area contributed by atoms with Crippen LogP contribution >= 0.6 is 0 Å². The van der Waals surface area contributed by atoms with Crippen LogP contribution < -0.4 is 0 Å². The van der Waals surface area contributed by atoms with Gasteiger partial charge in [0.05, 0.1) is 0 Å². The van der Waals surface area contributed by atoms with E-state index in [1.54, 1.807) is 0 Å². The summed E-state index contributed by atoms with van der Waals surface area (Å²) in [6.45, 7) is 7.72. The standard InChI is InChI=1S/C63H116O5/c1-4-7-10-13-16-19-22-25-28-31-32-34-36-39-42-45-48-51-54-57-63(65)68-60-61(66-58-55-52-49-46-43-40-37-30-27-24-21-18-15-12-9-6-3)59-67-62(64)56-53-50-47-44-41-38-35-33-29-26-23-20-17-14-11-8-5-2/h25-26,28-29,35,38,44,47,61H,4-24,27,30-34,36-37,39-43,45-46,48-60H2,1-3H3/b28-25-,29-26-,38-35-,47-44-/t61-/m0/s1. The second-order valence-corrected chi connectivity index (χ2v) is 20.2. The fraction of sp³-hybridized carbons (Fsp3) is 0.841. The van der Waals surface area contributed by atoms with Crippen molar-refractivity contribution in [3.8, 4) is 0 Å². The molecule has 0 N–H and O–H groups in total. The summed E-state index contributed by atoms with van der Waals surface area (Å²) in [5.74, 6) is -0.380. The van der Waals surface area contributed by atoms with Crippen LogP contribution in [-0.4, -0.2) is 37.9 Å². The average molecular weight is 954 g/mol. The third-order valence-electron chi connectivity index (χ3n) is 13.4. The molecular weight excluding hydrogens is 837 g/mol. The van der Waals surface area contributed by atoms with Gasteiger partial charge in [-0.05, 0) is 77.0 Å². The van der Waals surface area contributed by atoms with Crippen molar-refractivity contribution in [3.05, 3.63) is 48.6 Å². The van der Waals surface area contributed by atoms with E-state index in [4.69, 9.17) is 14.2 Å². The molecule has 0 unspecified atom stereocenters. The molecule has 0 rings (SSSR count). The fourth-order valence-electron chi connectivity index (χ4n) is 8.79. The van der Waals surface area contributed by atoms with Gasteiger partial charge in [-0.15, -0.1) is 0 Å². The maximum absolute atomic E-state index is 12.7. The Balaban J connectivity index is 4.29. The fourth-order valence-corrected chi connectivity index (χ4v) is 8.79. The maximum Gasteiger partial charge on any atom is 0.305 e. The van der Waals surface area contributed by atoms with Crippen LogP contribution in [0.5, 0.6) is 0 Å². The maximum atomic E-state index is 12.7.